The fourth-order valence-corrected chi connectivity index (χ4v) is 3.58. The third kappa shape index (κ3) is 6.79. The highest BCUT2D eigenvalue weighted by molar-refractivity contribution is 6.30. The van der Waals surface area contributed by atoms with Crippen LogP contribution in [0.1, 0.15) is 36.2 Å². The van der Waals surface area contributed by atoms with Crippen molar-refractivity contribution in [2.45, 2.75) is 32.9 Å². The molecule has 7 heteroatoms. The first kappa shape index (κ1) is 23.3. The van der Waals surface area contributed by atoms with E-state index in [4.69, 9.17) is 16.3 Å². The Kier molecular flexibility index (Phi) is 8.46. The second kappa shape index (κ2) is 11.3. The summed E-state index contributed by atoms with van der Waals surface area (Å²) >= 11 is 5.90. The average molecular weight is 444 g/mol. The number of nitrogens with one attached hydrogen (secondary N) is 2. The molecule has 1 aliphatic rings. The maximum Gasteiger partial charge on any atom is 0.251 e. The van der Waals surface area contributed by atoms with Gasteiger partial charge in [0.1, 0.15) is 6.04 Å². The number of hydrogen-bond donors (Lipinski definition) is 2. The summed E-state index contributed by atoms with van der Waals surface area (Å²) < 4.78 is 5.39. The van der Waals surface area contributed by atoms with Crippen LogP contribution in [0, 0.1) is 5.92 Å². The molecule has 2 unspecified atom stereocenters. The van der Waals surface area contributed by atoms with Crippen LogP contribution >= 0.6 is 11.6 Å². The highest BCUT2D eigenvalue weighted by atomic mass is 35.5. The number of amides is 2. The quantitative estimate of drug-likeness (QED) is 0.648. The van der Waals surface area contributed by atoms with Crippen molar-refractivity contribution in [2.24, 2.45) is 5.92 Å². The van der Waals surface area contributed by atoms with Gasteiger partial charge in [-0.3, -0.25) is 14.5 Å². The van der Waals surface area contributed by atoms with Gasteiger partial charge < -0.3 is 15.4 Å². The molecule has 166 valence electrons. The molecule has 0 aliphatic carbocycles. The molecule has 6 nitrogen and oxygen atoms in total. The molecule has 1 fully saturated rings. The average Bonchev–Trinajstić information content (AvgIpc) is 2.79. The zero-order valence-electron chi connectivity index (χ0n) is 18.1. The van der Waals surface area contributed by atoms with Crippen LogP contribution in [0.2, 0.25) is 5.02 Å². The third-order valence-electron chi connectivity index (χ3n) is 5.62. The summed E-state index contributed by atoms with van der Waals surface area (Å²) in [6.45, 7) is 8.23. The van der Waals surface area contributed by atoms with Crippen molar-refractivity contribution in [3.8, 4) is 0 Å². The Morgan fingerprint density at radius 1 is 1.06 bits per heavy atom. The van der Waals surface area contributed by atoms with Gasteiger partial charge in [-0.05, 0) is 47.9 Å². The van der Waals surface area contributed by atoms with E-state index >= 15 is 0 Å². The van der Waals surface area contributed by atoms with E-state index in [0.717, 1.165) is 39.3 Å². The summed E-state index contributed by atoms with van der Waals surface area (Å²) in [5.41, 5.74) is 2.37. The van der Waals surface area contributed by atoms with Crippen LogP contribution in [0.25, 0.3) is 0 Å². The number of anilines is 1. The maximum absolute atomic E-state index is 13.0. The van der Waals surface area contributed by atoms with Gasteiger partial charge >= 0.3 is 0 Å². The molecule has 0 saturated carbocycles. The fourth-order valence-electron chi connectivity index (χ4n) is 3.46. The SMILES string of the molecule is CCC(C)C(NC(=O)c1ccc(Cl)cc1)C(=O)Nc1ccc(CN2CCOCC2)cc1. The lowest BCUT2D eigenvalue weighted by Gasteiger charge is -2.26. The molecular weight excluding hydrogens is 414 g/mol. The lowest BCUT2D eigenvalue weighted by Crippen LogP contribution is -2.47. The maximum atomic E-state index is 13.0. The predicted octanol–water partition coefficient (Wildman–Crippen LogP) is 3.96. The molecule has 1 saturated heterocycles. The molecule has 1 aliphatic heterocycles. The van der Waals surface area contributed by atoms with Gasteiger partial charge in [0.2, 0.25) is 5.91 Å². The van der Waals surface area contributed by atoms with Crippen LogP contribution in [0.5, 0.6) is 0 Å². The number of benzene rings is 2. The Labute approximate surface area is 188 Å². The van der Waals surface area contributed by atoms with Crippen molar-refractivity contribution in [3.05, 3.63) is 64.7 Å². The van der Waals surface area contributed by atoms with Gasteiger partial charge in [-0.2, -0.15) is 0 Å². The van der Waals surface area contributed by atoms with E-state index in [1.54, 1.807) is 24.3 Å². The third-order valence-corrected chi connectivity index (χ3v) is 5.87. The van der Waals surface area contributed by atoms with E-state index in [0.29, 0.717) is 16.3 Å². The smallest absolute Gasteiger partial charge is 0.251 e. The van der Waals surface area contributed by atoms with Crippen molar-refractivity contribution in [3.63, 3.8) is 0 Å². The number of rotatable bonds is 8. The number of ether oxygens (including phenoxy) is 1. The highest BCUT2D eigenvalue weighted by Gasteiger charge is 2.26. The Hall–Kier alpha value is -2.41. The lowest BCUT2D eigenvalue weighted by atomic mass is 9.97. The molecule has 2 aromatic rings. The molecule has 2 N–H and O–H groups in total. The molecule has 0 spiro atoms. The second-order valence-electron chi connectivity index (χ2n) is 7.92. The Balaban J connectivity index is 1.61. The molecule has 2 aromatic carbocycles. The molecule has 0 aromatic heterocycles. The predicted molar refractivity (Wildman–Crippen MR) is 123 cm³/mol. The largest absolute Gasteiger partial charge is 0.379 e. The summed E-state index contributed by atoms with van der Waals surface area (Å²) in [6.07, 6.45) is 0.761. The topological polar surface area (TPSA) is 70.7 Å². The van der Waals surface area contributed by atoms with Crippen LogP contribution < -0.4 is 10.6 Å². The normalized spacial score (nSPS) is 16.4. The molecule has 2 atom stereocenters. The van der Waals surface area contributed by atoms with E-state index in [1.165, 1.54) is 5.56 Å². The van der Waals surface area contributed by atoms with E-state index in [-0.39, 0.29) is 17.7 Å². The second-order valence-corrected chi connectivity index (χ2v) is 8.35. The van der Waals surface area contributed by atoms with Gasteiger partial charge in [0.05, 0.1) is 13.2 Å². The Morgan fingerprint density at radius 3 is 2.32 bits per heavy atom. The summed E-state index contributed by atoms with van der Waals surface area (Å²) in [6, 6.07) is 13.8. The van der Waals surface area contributed by atoms with Crippen molar-refractivity contribution in [1.82, 2.24) is 10.2 Å². The number of hydrogen-bond acceptors (Lipinski definition) is 4. The summed E-state index contributed by atoms with van der Waals surface area (Å²) in [5, 5.41) is 6.38. The first-order valence-electron chi connectivity index (χ1n) is 10.7. The number of halogens is 1. The minimum absolute atomic E-state index is 0.0168. The fraction of sp³-hybridized carbons (Fsp3) is 0.417. The van der Waals surface area contributed by atoms with E-state index in [9.17, 15) is 9.59 Å². The zero-order chi connectivity index (χ0) is 22.2. The number of carbonyl (C=O) groups is 2. The van der Waals surface area contributed by atoms with Gasteiger partial charge in [0, 0.05) is 35.9 Å². The molecule has 0 radical (unpaired) electrons. The van der Waals surface area contributed by atoms with Gasteiger partial charge in [0.15, 0.2) is 0 Å². The van der Waals surface area contributed by atoms with Crippen molar-refractivity contribution < 1.29 is 14.3 Å². The molecule has 2 amide bonds. The molecule has 0 bridgehead atoms. The van der Waals surface area contributed by atoms with Crippen molar-refractivity contribution in [2.75, 3.05) is 31.6 Å². The van der Waals surface area contributed by atoms with Crippen LogP contribution in [0.3, 0.4) is 0 Å². The van der Waals surface area contributed by atoms with Gasteiger partial charge in [-0.25, -0.2) is 0 Å². The Bertz CT molecular complexity index is 865. The van der Waals surface area contributed by atoms with E-state index < -0.39 is 6.04 Å². The summed E-state index contributed by atoms with van der Waals surface area (Å²) in [7, 11) is 0. The molecule has 31 heavy (non-hydrogen) atoms. The number of nitrogens with zero attached hydrogens (tertiary/aromatic N) is 1. The number of morpholine rings is 1. The van der Waals surface area contributed by atoms with Gasteiger partial charge in [0.25, 0.3) is 5.91 Å². The number of carbonyl (C=O) groups excluding carboxylic acids is 2. The lowest BCUT2D eigenvalue weighted by molar-refractivity contribution is -0.119. The minimum Gasteiger partial charge on any atom is -0.379 e. The first-order valence-corrected chi connectivity index (χ1v) is 11.1. The summed E-state index contributed by atoms with van der Waals surface area (Å²) in [5.74, 6) is -0.535. The van der Waals surface area contributed by atoms with E-state index in [2.05, 4.69) is 15.5 Å². The van der Waals surface area contributed by atoms with Crippen LogP contribution in [0.4, 0.5) is 5.69 Å². The molecule has 3 rings (SSSR count). The summed E-state index contributed by atoms with van der Waals surface area (Å²) in [4.78, 5) is 27.9. The van der Waals surface area contributed by atoms with Gasteiger partial charge in [-0.1, -0.05) is 44.0 Å². The Morgan fingerprint density at radius 2 is 1.71 bits per heavy atom. The standard InChI is InChI=1S/C24H30ClN3O3/c1-3-17(2)22(27-23(29)19-6-8-20(25)9-7-19)24(30)26-21-10-4-18(5-11-21)16-28-12-14-31-15-13-28/h4-11,17,22H,3,12-16H2,1-2H3,(H,26,30)(H,27,29). The highest BCUT2D eigenvalue weighted by Crippen LogP contribution is 2.16. The van der Waals surface area contributed by atoms with Crippen LogP contribution in [-0.4, -0.2) is 49.1 Å². The van der Waals surface area contributed by atoms with Crippen molar-refractivity contribution >= 4 is 29.1 Å². The van der Waals surface area contributed by atoms with E-state index in [1.807, 2.05) is 38.1 Å². The monoisotopic (exact) mass is 443 g/mol. The van der Waals surface area contributed by atoms with Crippen LogP contribution in [-0.2, 0) is 16.1 Å². The minimum atomic E-state index is -0.638. The zero-order valence-corrected chi connectivity index (χ0v) is 18.8. The molecular formula is C24H30ClN3O3. The first-order chi connectivity index (χ1) is 15.0. The van der Waals surface area contributed by atoms with Crippen LogP contribution in [0.15, 0.2) is 48.5 Å². The molecule has 1 heterocycles. The van der Waals surface area contributed by atoms with Gasteiger partial charge in [-0.15, -0.1) is 0 Å². The van der Waals surface area contributed by atoms with Crippen molar-refractivity contribution in [1.29, 1.82) is 0 Å².